The van der Waals surface area contributed by atoms with Crippen molar-refractivity contribution in [2.45, 2.75) is 26.2 Å². The minimum Gasteiger partial charge on any atom is -0.506 e. The number of hydrogen-bond donors (Lipinski definition) is 3. The summed E-state index contributed by atoms with van der Waals surface area (Å²) in [5.41, 5.74) is 0.168. The van der Waals surface area contributed by atoms with Crippen LogP contribution in [0.4, 0.5) is 5.69 Å². The molecule has 18 heavy (non-hydrogen) atoms. The first-order valence-electron chi connectivity index (χ1n) is 6.48. The molecular formula is C14H20N2O2. The van der Waals surface area contributed by atoms with Crippen LogP contribution >= 0.6 is 0 Å². The second-order valence-corrected chi connectivity index (χ2v) is 4.93. The number of aromatic hydroxyl groups is 1. The lowest BCUT2D eigenvalue weighted by Crippen LogP contribution is -2.38. The van der Waals surface area contributed by atoms with E-state index in [-0.39, 0.29) is 17.1 Å². The van der Waals surface area contributed by atoms with Gasteiger partial charge in [0.05, 0.1) is 11.1 Å². The maximum atomic E-state index is 12.4. The lowest BCUT2D eigenvalue weighted by Gasteiger charge is -2.26. The molecule has 0 saturated carbocycles. The Bertz CT molecular complexity index is 426. The fraction of sp³-hybridized carbons (Fsp3) is 0.500. The van der Waals surface area contributed by atoms with Crippen LogP contribution in [0.2, 0.25) is 0 Å². The largest absolute Gasteiger partial charge is 0.506 e. The fourth-order valence-electron chi connectivity index (χ4n) is 2.58. The van der Waals surface area contributed by atoms with Crippen LogP contribution in [0.25, 0.3) is 0 Å². The lowest BCUT2D eigenvalue weighted by atomic mass is 9.81. The van der Waals surface area contributed by atoms with E-state index < -0.39 is 0 Å². The van der Waals surface area contributed by atoms with Gasteiger partial charge in [-0.15, -0.1) is 0 Å². The molecule has 1 aromatic carbocycles. The van der Waals surface area contributed by atoms with Crippen LogP contribution in [-0.4, -0.2) is 24.1 Å². The van der Waals surface area contributed by atoms with Gasteiger partial charge in [-0.3, -0.25) is 4.79 Å². The number of carbonyl (C=O) groups excluding carboxylic acids is 1. The van der Waals surface area contributed by atoms with E-state index in [1.807, 2.05) is 0 Å². The van der Waals surface area contributed by atoms with E-state index in [4.69, 9.17) is 0 Å². The summed E-state index contributed by atoms with van der Waals surface area (Å²) in [6, 6.07) is 6.84. The molecule has 98 valence electrons. The molecule has 1 heterocycles. The maximum absolute atomic E-state index is 12.4. The molecule has 4 nitrogen and oxygen atoms in total. The summed E-state index contributed by atoms with van der Waals surface area (Å²) in [6.45, 7) is 3.70. The molecule has 1 fully saturated rings. The summed E-state index contributed by atoms with van der Waals surface area (Å²) in [5.74, 6) is 0.124. The van der Waals surface area contributed by atoms with Crippen LogP contribution < -0.4 is 10.6 Å². The van der Waals surface area contributed by atoms with Crippen molar-refractivity contribution in [1.82, 2.24) is 5.32 Å². The Labute approximate surface area is 107 Å². The molecular weight excluding hydrogens is 228 g/mol. The summed E-state index contributed by atoms with van der Waals surface area (Å²) in [4.78, 5) is 12.4. The van der Waals surface area contributed by atoms with Crippen molar-refractivity contribution < 1.29 is 9.90 Å². The summed E-state index contributed by atoms with van der Waals surface area (Å²) in [5, 5.41) is 15.8. The van der Waals surface area contributed by atoms with Crippen LogP contribution in [0.3, 0.4) is 0 Å². The summed E-state index contributed by atoms with van der Waals surface area (Å²) in [7, 11) is 0. The first-order chi connectivity index (χ1) is 8.68. The number of amides is 1. The number of hydrogen-bond acceptors (Lipinski definition) is 3. The van der Waals surface area contributed by atoms with Gasteiger partial charge >= 0.3 is 0 Å². The van der Waals surface area contributed by atoms with Crippen molar-refractivity contribution in [2.75, 3.05) is 18.4 Å². The summed E-state index contributed by atoms with van der Waals surface area (Å²) < 4.78 is 0. The Morgan fingerprint density at radius 3 is 2.89 bits per heavy atom. The van der Waals surface area contributed by atoms with Gasteiger partial charge in [0.1, 0.15) is 5.75 Å². The highest BCUT2D eigenvalue weighted by Gasteiger charge is 2.40. The predicted octanol–water partition coefficient (Wildman–Crippen LogP) is 2.11. The molecule has 1 aliphatic heterocycles. The van der Waals surface area contributed by atoms with Crippen molar-refractivity contribution in [3.63, 3.8) is 0 Å². The Morgan fingerprint density at radius 1 is 1.50 bits per heavy atom. The van der Waals surface area contributed by atoms with Gasteiger partial charge in [-0.05, 0) is 31.5 Å². The van der Waals surface area contributed by atoms with E-state index in [0.29, 0.717) is 5.69 Å². The number of carbonyl (C=O) groups is 1. The normalized spacial score (nSPS) is 22.9. The van der Waals surface area contributed by atoms with Gasteiger partial charge in [-0.2, -0.15) is 0 Å². The number of benzene rings is 1. The Hall–Kier alpha value is -1.55. The van der Waals surface area contributed by atoms with E-state index in [1.54, 1.807) is 24.3 Å². The zero-order valence-corrected chi connectivity index (χ0v) is 10.7. The lowest BCUT2D eigenvalue weighted by molar-refractivity contribution is -0.125. The highest BCUT2D eigenvalue weighted by Crippen LogP contribution is 2.33. The van der Waals surface area contributed by atoms with Crippen LogP contribution in [-0.2, 0) is 4.79 Å². The molecule has 1 aliphatic rings. The number of para-hydroxylation sites is 2. The first-order valence-corrected chi connectivity index (χ1v) is 6.48. The standard InChI is InChI=1S/C14H20N2O2/c1-2-7-14(8-9-15-10-14)13(18)16-11-5-3-4-6-12(11)17/h3-6,15,17H,2,7-10H2,1H3,(H,16,18). The second-order valence-electron chi connectivity index (χ2n) is 4.93. The molecule has 0 bridgehead atoms. The third-order valence-electron chi connectivity index (χ3n) is 3.61. The minimum atomic E-state index is -0.322. The molecule has 2 rings (SSSR count). The number of anilines is 1. The Kier molecular flexibility index (Phi) is 3.87. The van der Waals surface area contributed by atoms with Gasteiger partial charge in [0.2, 0.25) is 5.91 Å². The highest BCUT2D eigenvalue weighted by atomic mass is 16.3. The van der Waals surface area contributed by atoms with E-state index >= 15 is 0 Å². The molecule has 4 heteroatoms. The number of phenols is 1. The average Bonchev–Trinajstić information content (AvgIpc) is 2.82. The van der Waals surface area contributed by atoms with Crippen LogP contribution in [0.15, 0.2) is 24.3 Å². The van der Waals surface area contributed by atoms with Gasteiger partial charge in [-0.1, -0.05) is 25.5 Å². The summed E-state index contributed by atoms with van der Waals surface area (Å²) in [6.07, 6.45) is 2.72. The van der Waals surface area contributed by atoms with E-state index in [9.17, 15) is 9.90 Å². The number of phenolic OH excluding ortho intramolecular Hbond substituents is 1. The second kappa shape index (κ2) is 5.40. The molecule has 1 aromatic rings. The quantitative estimate of drug-likeness (QED) is 0.715. The maximum Gasteiger partial charge on any atom is 0.232 e. The molecule has 1 unspecified atom stereocenters. The van der Waals surface area contributed by atoms with Crippen LogP contribution in [0.5, 0.6) is 5.75 Å². The molecule has 1 saturated heterocycles. The summed E-state index contributed by atoms with van der Waals surface area (Å²) >= 11 is 0. The number of rotatable bonds is 4. The average molecular weight is 248 g/mol. The SMILES string of the molecule is CCCC1(C(=O)Nc2ccccc2O)CCNC1. The van der Waals surface area contributed by atoms with Gasteiger partial charge in [0.25, 0.3) is 0 Å². The van der Waals surface area contributed by atoms with Gasteiger partial charge in [0.15, 0.2) is 0 Å². The third-order valence-corrected chi connectivity index (χ3v) is 3.61. The van der Waals surface area contributed by atoms with Gasteiger partial charge in [-0.25, -0.2) is 0 Å². The fourth-order valence-corrected chi connectivity index (χ4v) is 2.58. The molecule has 3 N–H and O–H groups in total. The monoisotopic (exact) mass is 248 g/mol. The third kappa shape index (κ3) is 2.48. The zero-order chi connectivity index (χ0) is 13.0. The van der Waals surface area contributed by atoms with Crippen LogP contribution in [0, 0.1) is 5.41 Å². The van der Waals surface area contributed by atoms with Gasteiger partial charge in [0, 0.05) is 6.54 Å². The van der Waals surface area contributed by atoms with E-state index in [0.717, 1.165) is 32.4 Å². The smallest absolute Gasteiger partial charge is 0.232 e. The van der Waals surface area contributed by atoms with Crippen molar-refractivity contribution in [3.8, 4) is 5.75 Å². The van der Waals surface area contributed by atoms with Gasteiger partial charge < -0.3 is 15.7 Å². The molecule has 0 aromatic heterocycles. The van der Waals surface area contributed by atoms with Crippen molar-refractivity contribution in [3.05, 3.63) is 24.3 Å². The van der Waals surface area contributed by atoms with Crippen molar-refractivity contribution >= 4 is 11.6 Å². The van der Waals surface area contributed by atoms with E-state index in [1.165, 1.54) is 0 Å². The Morgan fingerprint density at radius 2 is 2.28 bits per heavy atom. The minimum absolute atomic E-state index is 0.0100. The predicted molar refractivity (Wildman–Crippen MR) is 71.6 cm³/mol. The Balaban J connectivity index is 2.13. The molecule has 0 radical (unpaired) electrons. The van der Waals surface area contributed by atoms with E-state index in [2.05, 4.69) is 17.6 Å². The van der Waals surface area contributed by atoms with Crippen LogP contribution in [0.1, 0.15) is 26.2 Å². The topological polar surface area (TPSA) is 61.4 Å². The first kappa shape index (κ1) is 12.9. The zero-order valence-electron chi connectivity index (χ0n) is 10.7. The number of nitrogens with one attached hydrogen (secondary N) is 2. The molecule has 0 aliphatic carbocycles. The molecule has 1 amide bonds. The highest BCUT2D eigenvalue weighted by molar-refractivity contribution is 5.96. The molecule has 0 spiro atoms. The van der Waals surface area contributed by atoms with Crippen molar-refractivity contribution in [2.24, 2.45) is 5.41 Å². The van der Waals surface area contributed by atoms with Crippen molar-refractivity contribution in [1.29, 1.82) is 0 Å². The molecule has 1 atom stereocenters.